The number of hydrogen-bond donors (Lipinski definition) is 0. The van der Waals surface area contributed by atoms with E-state index in [4.69, 9.17) is 18.5 Å². The van der Waals surface area contributed by atoms with Crippen molar-refractivity contribution >= 4 is 13.8 Å². The summed E-state index contributed by atoms with van der Waals surface area (Å²) in [6.07, 6.45) is 42.9. The van der Waals surface area contributed by atoms with Gasteiger partial charge in [-0.05, 0) is 51.4 Å². The summed E-state index contributed by atoms with van der Waals surface area (Å²) in [4.78, 5) is 25.0. The highest BCUT2D eigenvalue weighted by atomic mass is 31.2. The van der Waals surface area contributed by atoms with Crippen molar-refractivity contribution in [1.29, 1.82) is 0 Å². The topological polar surface area (TPSA) is 94.1 Å². The van der Waals surface area contributed by atoms with Crippen molar-refractivity contribution in [1.82, 2.24) is 0 Å². The van der Waals surface area contributed by atoms with Crippen molar-refractivity contribution in [3.05, 3.63) is 36.5 Å². The molecule has 8 nitrogen and oxygen atoms in total. The number of carbonyl (C=O) groups is 1. The monoisotopic (exact) mass is 770 g/mol. The minimum atomic E-state index is -4.53. The molecule has 0 aromatic heterocycles. The molecule has 0 radical (unpaired) electrons. The lowest BCUT2D eigenvalue weighted by Crippen LogP contribution is -2.37. The van der Waals surface area contributed by atoms with Crippen LogP contribution < -0.4 is 4.89 Å². The molecule has 0 aromatic rings. The number of likely N-dealkylation sites (N-methyl/N-ethyl adjacent to an activating group) is 1. The second-order valence-electron chi connectivity index (χ2n) is 15.7. The normalized spacial score (nSPS) is 14.2. The maximum Gasteiger partial charge on any atom is 0.306 e. The maximum atomic E-state index is 12.7. The third-order valence-corrected chi connectivity index (χ3v) is 10.2. The largest absolute Gasteiger partial charge is 0.756 e. The number of unbranched alkanes of at least 4 members (excludes halogenated alkanes) is 20. The molecule has 0 rings (SSSR count). The first-order valence-corrected chi connectivity index (χ1v) is 23.2. The predicted molar refractivity (Wildman–Crippen MR) is 222 cm³/mol. The molecule has 0 saturated heterocycles. The lowest BCUT2D eigenvalue weighted by molar-refractivity contribution is -0.870. The lowest BCUT2D eigenvalue weighted by atomic mass is 10.0. The highest BCUT2D eigenvalue weighted by Gasteiger charge is 2.20. The number of quaternary nitrogens is 1. The fraction of sp³-hybridized carbons (Fsp3) is 0.841. The summed E-state index contributed by atoms with van der Waals surface area (Å²) in [6.45, 7) is 5.37. The molecule has 0 fully saturated rings. The zero-order valence-corrected chi connectivity index (χ0v) is 36.1. The lowest BCUT2D eigenvalue weighted by Gasteiger charge is -2.28. The zero-order chi connectivity index (χ0) is 39.1. The van der Waals surface area contributed by atoms with Gasteiger partial charge in [0.25, 0.3) is 7.82 Å². The number of phosphoric acid groups is 1. The van der Waals surface area contributed by atoms with Crippen molar-refractivity contribution in [3.8, 4) is 0 Å². The average molecular weight is 770 g/mol. The Bertz CT molecular complexity index is 947. The van der Waals surface area contributed by atoms with Crippen LogP contribution in [-0.4, -0.2) is 70.7 Å². The highest BCUT2D eigenvalue weighted by Crippen LogP contribution is 2.38. The van der Waals surface area contributed by atoms with Gasteiger partial charge in [0.05, 0.1) is 34.4 Å². The molecule has 0 heterocycles. The molecule has 53 heavy (non-hydrogen) atoms. The Morgan fingerprint density at radius 2 is 1.04 bits per heavy atom. The minimum absolute atomic E-state index is 0.0221. The highest BCUT2D eigenvalue weighted by molar-refractivity contribution is 7.45. The molecule has 0 aromatic carbocycles. The number of phosphoric ester groups is 1. The fourth-order valence-electron chi connectivity index (χ4n) is 5.79. The molecule has 0 N–H and O–H groups in total. The van der Waals surface area contributed by atoms with Gasteiger partial charge in [-0.2, -0.15) is 0 Å². The van der Waals surface area contributed by atoms with Crippen LogP contribution in [0.1, 0.15) is 181 Å². The summed E-state index contributed by atoms with van der Waals surface area (Å²) in [5.41, 5.74) is 0. The van der Waals surface area contributed by atoms with Gasteiger partial charge in [-0.15, -0.1) is 0 Å². The van der Waals surface area contributed by atoms with Crippen LogP contribution in [0, 0.1) is 0 Å². The number of esters is 1. The first kappa shape index (κ1) is 51.7. The van der Waals surface area contributed by atoms with Gasteiger partial charge in [-0.3, -0.25) is 9.36 Å². The van der Waals surface area contributed by atoms with Crippen LogP contribution in [0.15, 0.2) is 36.5 Å². The number of hydrogen-bond acceptors (Lipinski definition) is 7. The van der Waals surface area contributed by atoms with E-state index in [0.717, 1.165) is 57.8 Å². The fourth-order valence-corrected chi connectivity index (χ4v) is 6.52. The summed E-state index contributed by atoms with van der Waals surface area (Å²) >= 11 is 0. The van der Waals surface area contributed by atoms with Crippen LogP contribution >= 0.6 is 7.82 Å². The van der Waals surface area contributed by atoms with Crippen LogP contribution in [0.25, 0.3) is 0 Å². The third-order valence-electron chi connectivity index (χ3n) is 9.19. The average Bonchev–Trinajstić information content (AvgIpc) is 3.11. The molecular formula is C44H84NO7P. The Labute approximate surface area is 327 Å². The Kier molecular flexibility index (Phi) is 36.7. The molecule has 0 saturated carbocycles. The van der Waals surface area contributed by atoms with Crippen LogP contribution in [0.5, 0.6) is 0 Å². The maximum absolute atomic E-state index is 12.7. The van der Waals surface area contributed by atoms with E-state index in [-0.39, 0.29) is 32.2 Å². The van der Waals surface area contributed by atoms with Crippen molar-refractivity contribution in [2.24, 2.45) is 0 Å². The van der Waals surface area contributed by atoms with E-state index in [1.807, 2.05) is 21.1 Å². The Hall–Kier alpha value is -1.28. The van der Waals surface area contributed by atoms with Gasteiger partial charge in [0, 0.05) is 13.0 Å². The first-order chi connectivity index (χ1) is 25.6. The van der Waals surface area contributed by atoms with E-state index in [2.05, 4.69) is 50.3 Å². The molecule has 2 unspecified atom stereocenters. The van der Waals surface area contributed by atoms with E-state index in [1.165, 1.54) is 103 Å². The number of ether oxygens (including phenoxy) is 2. The van der Waals surface area contributed by atoms with Gasteiger partial charge < -0.3 is 27.9 Å². The number of nitrogens with zero attached hydrogens (tertiary/aromatic N) is 1. The SMILES string of the molecule is CCCCCC=CCC=CCC=CCCCCCCC(=O)OC(COCCCCCCCCCCCCCCCC)COP(=O)([O-])OCC[N+](C)(C)C. The predicted octanol–water partition coefficient (Wildman–Crippen LogP) is 12.0. The molecule has 0 aliphatic carbocycles. The number of rotatable bonds is 40. The Balaban J connectivity index is 4.29. The molecule has 2 atom stereocenters. The summed E-state index contributed by atoms with van der Waals surface area (Å²) < 4.78 is 34.5. The summed E-state index contributed by atoms with van der Waals surface area (Å²) in [5, 5.41) is 0. The van der Waals surface area contributed by atoms with E-state index >= 15 is 0 Å². The zero-order valence-electron chi connectivity index (χ0n) is 35.2. The second kappa shape index (κ2) is 37.6. The van der Waals surface area contributed by atoms with E-state index < -0.39 is 13.9 Å². The number of allylic oxidation sites excluding steroid dienone is 6. The van der Waals surface area contributed by atoms with Crippen molar-refractivity contribution in [2.45, 2.75) is 187 Å². The molecular weight excluding hydrogens is 685 g/mol. The third kappa shape index (κ3) is 41.7. The van der Waals surface area contributed by atoms with Crippen LogP contribution in [0.4, 0.5) is 0 Å². The Morgan fingerprint density at radius 1 is 0.585 bits per heavy atom. The summed E-state index contributed by atoms with van der Waals surface area (Å²) in [7, 11) is 1.34. The van der Waals surface area contributed by atoms with E-state index in [1.54, 1.807) is 0 Å². The first-order valence-electron chi connectivity index (χ1n) is 21.7. The van der Waals surface area contributed by atoms with E-state index in [9.17, 15) is 14.3 Å². The van der Waals surface area contributed by atoms with Crippen molar-refractivity contribution < 1.29 is 37.3 Å². The molecule has 9 heteroatoms. The van der Waals surface area contributed by atoms with Crippen LogP contribution in [-0.2, 0) is 27.9 Å². The molecule has 0 amide bonds. The Morgan fingerprint density at radius 3 is 1.58 bits per heavy atom. The number of carbonyl (C=O) groups excluding carboxylic acids is 1. The standard InChI is InChI=1S/C44H84NO7P/c1-6-8-10-12-14-16-18-20-22-23-24-25-27-29-31-33-35-37-44(46)52-43(42-51-53(47,48)50-40-38-45(3,4)5)41-49-39-36-34-32-30-28-26-21-19-17-15-13-11-9-7-2/h14,16,20,22,24-25,43H,6-13,15,17-19,21,23,26-42H2,1-5H3. The molecule has 0 bridgehead atoms. The van der Waals surface area contributed by atoms with Gasteiger partial charge in [0.15, 0.2) is 0 Å². The van der Waals surface area contributed by atoms with Gasteiger partial charge in [0.1, 0.15) is 19.3 Å². The van der Waals surface area contributed by atoms with Crippen LogP contribution in [0.2, 0.25) is 0 Å². The van der Waals surface area contributed by atoms with Gasteiger partial charge in [0.2, 0.25) is 0 Å². The summed E-state index contributed by atoms with van der Waals surface area (Å²) in [5.74, 6) is -0.354. The van der Waals surface area contributed by atoms with Gasteiger partial charge in [-0.25, -0.2) is 0 Å². The smallest absolute Gasteiger partial charge is 0.306 e. The van der Waals surface area contributed by atoms with Crippen molar-refractivity contribution in [3.63, 3.8) is 0 Å². The molecule has 0 aliphatic rings. The molecule has 312 valence electrons. The van der Waals surface area contributed by atoms with Gasteiger partial charge >= 0.3 is 5.97 Å². The quantitative estimate of drug-likeness (QED) is 0.0201. The molecule has 0 aliphatic heterocycles. The van der Waals surface area contributed by atoms with Crippen molar-refractivity contribution in [2.75, 3.05) is 54.1 Å². The second-order valence-corrected chi connectivity index (χ2v) is 17.1. The van der Waals surface area contributed by atoms with Gasteiger partial charge in [-0.1, -0.05) is 159 Å². The van der Waals surface area contributed by atoms with Crippen LogP contribution in [0.3, 0.4) is 0 Å². The van der Waals surface area contributed by atoms with E-state index in [0.29, 0.717) is 17.6 Å². The minimum Gasteiger partial charge on any atom is -0.756 e. The summed E-state index contributed by atoms with van der Waals surface area (Å²) in [6, 6.07) is 0. The molecule has 0 spiro atoms.